The van der Waals surface area contributed by atoms with Gasteiger partial charge in [0.25, 0.3) is 0 Å². The number of aryl methyl sites for hydroxylation is 1. The number of H-pyrrole nitrogens is 1. The highest BCUT2D eigenvalue weighted by Crippen LogP contribution is 2.37. The van der Waals surface area contributed by atoms with Crippen LogP contribution in [0.15, 0.2) is 37.1 Å². The second kappa shape index (κ2) is 9.34. The van der Waals surface area contributed by atoms with Crippen LogP contribution in [0.2, 0.25) is 0 Å². The molecule has 1 atom stereocenters. The fraction of sp³-hybridized carbons (Fsp3) is 0.600. The van der Waals surface area contributed by atoms with E-state index in [0.29, 0.717) is 0 Å². The van der Waals surface area contributed by atoms with Crippen LogP contribution in [0.5, 0.6) is 0 Å². The lowest BCUT2D eigenvalue weighted by molar-refractivity contribution is 0.187. The van der Waals surface area contributed by atoms with Gasteiger partial charge in [-0.2, -0.15) is 0 Å². The number of aromatic amines is 1. The second-order valence-corrected chi connectivity index (χ2v) is 9.54. The monoisotopic (exact) mass is 405 g/mol. The number of hydrogen-bond donors (Lipinski definition) is 2. The van der Waals surface area contributed by atoms with Gasteiger partial charge in [0.2, 0.25) is 0 Å². The van der Waals surface area contributed by atoms with Crippen LogP contribution in [-0.2, 0) is 6.42 Å². The van der Waals surface area contributed by atoms with E-state index in [4.69, 9.17) is 0 Å². The van der Waals surface area contributed by atoms with Crippen LogP contribution < -0.4 is 5.32 Å². The zero-order valence-electron chi connectivity index (χ0n) is 18.0. The van der Waals surface area contributed by atoms with Crippen LogP contribution in [0.4, 0.5) is 0 Å². The second-order valence-electron chi connectivity index (χ2n) is 9.54. The van der Waals surface area contributed by atoms with E-state index < -0.39 is 0 Å². The van der Waals surface area contributed by atoms with Crippen LogP contribution in [-0.4, -0.2) is 32.8 Å². The van der Waals surface area contributed by atoms with E-state index in [9.17, 15) is 0 Å². The molecule has 1 unspecified atom stereocenters. The number of benzene rings is 1. The minimum Gasteiger partial charge on any atom is -0.361 e. The smallest absolute Gasteiger partial charge is 0.123 e. The van der Waals surface area contributed by atoms with Gasteiger partial charge in [-0.05, 0) is 86.7 Å². The molecule has 160 valence electrons. The number of rotatable bonds is 7. The molecule has 1 saturated heterocycles. The van der Waals surface area contributed by atoms with E-state index in [0.717, 1.165) is 23.4 Å². The van der Waals surface area contributed by atoms with Crippen LogP contribution in [0.1, 0.15) is 63.4 Å². The Bertz CT molecular complexity index is 916. The van der Waals surface area contributed by atoms with Gasteiger partial charge in [0.05, 0.1) is 0 Å². The number of hydrogen-bond acceptors (Lipinski definition) is 3. The summed E-state index contributed by atoms with van der Waals surface area (Å²) in [6.45, 7) is 2.42. The predicted molar refractivity (Wildman–Crippen MR) is 122 cm³/mol. The van der Waals surface area contributed by atoms with Crippen LogP contribution in [0.3, 0.4) is 0 Å². The maximum Gasteiger partial charge on any atom is 0.123 e. The van der Waals surface area contributed by atoms with Gasteiger partial charge in [0, 0.05) is 22.8 Å². The first-order chi connectivity index (χ1) is 14.9. The van der Waals surface area contributed by atoms with Crippen molar-refractivity contribution in [3.05, 3.63) is 42.6 Å². The topological polar surface area (TPSA) is 58.5 Å². The molecule has 2 fully saturated rings. The normalized spacial score (nSPS) is 20.0. The van der Waals surface area contributed by atoms with Crippen molar-refractivity contribution in [3.8, 4) is 5.69 Å². The summed E-state index contributed by atoms with van der Waals surface area (Å²) in [6.07, 6.45) is 19.8. The highest BCUT2D eigenvalue weighted by atomic mass is 15.2. The molecule has 2 aliphatic rings. The molecular weight excluding hydrogens is 370 g/mol. The van der Waals surface area contributed by atoms with E-state index in [1.807, 2.05) is 4.57 Å². The molecule has 3 heterocycles. The van der Waals surface area contributed by atoms with Crippen molar-refractivity contribution in [2.24, 2.45) is 17.8 Å². The third-order valence-corrected chi connectivity index (χ3v) is 7.66. The van der Waals surface area contributed by atoms with Crippen molar-refractivity contribution in [1.29, 1.82) is 0 Å². The van der Waals surface area contributed by atoms with Gasteiger partial charge in [0.1, 0.15) is 12.7 Å². The Kier molecular flexibility index (Phi) is 6.16. The Hall–Kier alpha value is -2.14. The van der Waals surface area contributed by atoms with E-state index in [1.54, 1.807) is 12.7 Å². The SMILES string of the molecule is c1cc2[nH]cc(CCC(CC3CCCCC3)C3CCNCC3)c2cc1-n1cnnc1. The molecule has 2 aromatic heterocycles. The highest BCUT2D eigenvalue weighted by molar-refractivity contribution is 5.85. The number of nitrogens with one attached hydrogen (secondary N) is 2. The van der Waals surface area contributed by atoms with E-state index in [-0.39, 0.29) is 0 Å². The molecule has 1 aliphatic carbocycles. The number of aromatic nitrogens is 4. The quantitative estimate of drug-likeness (QED) is 0.563. The summed E-state index contributed by atoms with van der Waals surface area (Å²) >= 11 is 0. The molecule has 5 heteroatoms. The first-order valence-corrected chi connectivity index (χ1v) is 12.0. The van der Waals surface area contributed by atoms with Gasteiger partial charge < -0.3 is 10.3 Å². The minimum atomic E-state index is 0.876. The lowest BCUT2D eigenvalue weighted by atomic mass is 9.73. The Balaban J connectivity index is 1.32. The molecule has 0 radical (unpaired) electrons. The van der Waals surface area contributed by atoms with Crippen molar-refractivity contribution >= 4 is 10.9 Å². The lowest BCUT2D eigenvalue weighted by Gasteiger charge is -2.34. The Labute approximate surface area is 179 Å². The van der Waals surface area contributed by atoms with Gasteiger partial charge in [-0.15, -0.1) is 10.2 Å². The van der Waals surface area contributed by atoms with Crippen molar-refractivity contribution in [3.63, 3.8) is 0 Å². The Morgan fingerprint density at radius 2 is 1.80 bits per heavy atom. The van der Waals surface area contributed by atoms with Crippen molar-refractivity contribution in [2.45, 2.75) is 64.2 Å². The first kappa shape index (κ1) is 19.8. The van der Waals surface area contributed by atoms with E-state index in [1.165, 1.54) is 93.8 Å². The van der Waals surface area contributed by atoms with Crippen LogP contribution in [0.25, 0.3) is 16.6 Å². The third-order valence-electron chi connectivity index (χ3n) is 7.66. The molecule has 0 spiro atoms. The molecule has 5 nitrogen and oxygen atoms in total. The molecule has 1 saturated carbocycles. The maximum atomic E-state index is 3.96. The van der Waals surface area contributed by atoms with Gasteiger partial charge in [-0.25, -0.2) is 0 Å². The zero-order chi connectivity index (χ0) is 20.2. The Morgan fingerprint density at radius 3 is 2.60 bits per heavy atom. The van der Waals surface area contributed by atoms with Crippen molar-refractivity contribution in [2.75, 3.05) is 13.1 Å². The molecule has 1 aromatic carbocycles. The maximum absolute atomic E-state index is 3.96. The van der Waals surface area contributed by atoms with E-state index in [2.05, 4.69) is 44.9 Å². The first-order valence-electron chi connectivity index (χ1n) is 12.0. The average Bonchev–Trinajstić information content (AvgIpc) is 3.48. The fourth-order valence-corrected chi connectivity index (χ4v) is 5.92. The van der Waals surface area contributed by atoms with Gasteiger partial charge in [0.15, 0.2) is 0 Å². The summed E-state index contributed by atoms with van der Waals surface area (Å²) in [5, 5.41) is 12.8. The number of piperidine rings is 1. The van der Waals surface area contributed by atoms with Crippen LogP contribution in [0, 0.1) is 17.8 Å². The minimum absolute atomic E-state index is 0.876. The number of nitrogens with zero attached hydrogens (tertiary/aromatic N) is 3. The molecule has 2 N–H and O–H groups in total. The summed E-state index contributed by atoms with van der Waals surface area (Å²) in [5.74, 6) is 2.76. The standard InChI is InChI=1S/C25H35N5/c1-2-4-19(5-3-1)14-21(20-10-12-26-13-11-20)6-7-22-16-27-25-9-8-23(15-24(22)25)30-17-28-29-18-30/h8-9,15-21,26-27H,1-7,10-14H2. The molecule has 30 heavy (non-hydrogen) atoms. The van der Waals surface area contributed by atoms with Gasteiger partial charge in [-0.3, -0.25) is 4.57 Å². The lowest BCUT2D eigenvalue weighted by Crippen LogP contribution is -2.32. The molecule has 1 aliphatic heterocycles. The van der Waals surface area contributed by atoms with Crippen molar-refractivity contribution < 1.29 is 0 Å². The predicted octanol–water partition coefficient (Wildman–Crippen LogP) is 5.27. The molecule has 0 bridgehead atoms. The third kappa shape index (κ3) is 4.46. The summed E-state index contributed by atoms with van der Waals surface area (Å²) in [6, 6.07) is 6.60. The van der Waals surface area contributed by atoms with E-state index >= 15 is 0 Å². The summed E-state index contributed by atoms with van der Waals surface area (Å²) in [5.41, 5.74) is 3.82. The molecule has 5 rings (SSSR count). The summed E-state index contributed by atoms with van der Waals surface area (Å²) in [4.78, 5) is 3.49. The fourth-order valence-electron chi connectivity index (χ4n) is 5.92. The Morgan fingerprint density at radius 1 is 1.00 bits per heavy atom. The summed E-state index contributed by atoms with van der Waals surface area (Å²) in [7, 11) is 0. The zero-order valence-corrected chi connectivity index (χ0v) is 18.0. The largest absolute Gasteiger partial charge is 0.361 e. The molecule has 3 aromatic rings. The van der Waals surface area contributed by atoms with Gasteiger partial charge >= 0.3 is 0 Å². The van der Waals surface area contributed by atoms with Crippen molar-refractivity contribution in [1.82, 2.24) is 25.1 Å². The average molecular weight is 406 g/mol. The highest BCUT2D eigenvalue weighted by Gasteiger charge is 2.27. The van der Waals surface area contributed by atoms with Crippen LogP contribution >= 0.6 is 0 Å². The van der Waals surface area contributed by atoms with Gasteiger partial charge in [-0.1, -0.05) is 32.1 Å². The summed E-state index contributed by atoms with van der Waals surface area (Å²) < 4.78 is 1.98. The molecular formula is C25H35N5. The number of fused-ring (bicyclic) bond motifs is 1. The molecule has 0 amide bonds.